The van der Waals surface area contributed by atoms with E-state index in [0.29, 0.717) is 21.5 Å². The van der Waals surface area contributed by atoms with Crippen LogP contribution in [0.2, 0.25) is 0 Å². The van der Waals surface area contributed by atoms with Crippen molar-refractivity contribution in [1.82, 2.24) is 0 Å². The van der Waals surface area contributed by atoms with Crippen molar-refractivity contribution in [3.05, 3.63) is 63.8 Å². The molecule has 1 heterocycles. The van der Waals surface area contributed by atoms with Gasteiger partial charge in [0.2, 0.25) is 5.90 Å². The molecule has 30 heavy (non-hydrogen) atoms. The molecule has 2 aromatic carbocycles. The normalized spacial score (nSPS) is 14.6. The van der Waals surface area contributed by atoms with Crippen molar-refractivity contribution in [2.45, 2.75) is 6.92 Å². The lowest BCUT2D eigenvalue weighted by atomic mass is 10.1. The van der Waals surface area contributed by atoms with E-state index < -0.39 is 11.9 Å². The van der Waals surface area contributed by atoms with Crippen LogP contribution in [-0.2, 0) is 14.3 Å². The molecule has 0 spiro atoms. The van der Waals surface area contributed by atoms with E-state index in [1.54, 1.807) is 37.5 Å². The third-order valence-electron chi connectivity index (χ3n) is 3.98. The topological polar surface area (TPSA) is 83.4 Å². The highest BCUT2D eigenvalue weighted by Gasteiger charge is 2.22. The molecule has 154 valence electrons. The van der Waals surface area contributed by atoms with Gasteiger partial charge < -0.3 is 18.9 Å². The Morgan fingerprint density at radius 3 is 2.53 bits per heavy atom. The molecule has 0 saturated heterocycles. The molecule has 1 aliphatic rings. The molecular weight excluding hydrogens is 454 g/mol. The predicted molar refractivity (Wildman–Crippen MR) is 116 cm³/mol. The van der Waals surface area contributed by atoms with Crippen LogP contribution in [0.25, 0.3) is 12.2 Å². The zero-order valence-electron chi connectivity index (χ0n) is 16.5. The number of halogens is 1. The van der Waals surface area contributed by atoms with Crippen molar-refractivity contribution in [1.29, 1.82) is 0 Å². The molecule has 0 atom stereocenters. The summed E-state index contributed by atoms with van der Waals surface area (Å²) in [6.07, 6.45) is 4.90. The zero-order chi connectivity index (χ0) is 21.7. The SMILES string of the molecule is COc1ccccc1C=CC1=NC(=Cc2cc(Br)c(OC(C)=O)c(OC)c2)C(=O)O1. The maximum atomic E-state index is 12.2. The van der Waals surface area contributed by atoms with E-state index in [0.717, 1.165) is 5.56 Å². The number of methoxy groups -OCH3 is 2. The molecule has 0 bridgehead atoms. The lowest BCUT2D eigenvalue weighted by Crippen LogP contribution is -2.04. The third kappa shape index (κ3) is 4.96. The number of nitrogens with zero attached hydrogens (tertiary/aromatic N) is 1. The Balaban J connectivity index is 1.88. The minimum Gasteiger partial charge on any atom is -0.496 e. The van der Waals surface area contributed by atoms with Crippen molar-refractivity contribution in [3.8, 4) is 17.2 Å². The number of carbonyl (C=O) groups excluding carboxylic acids is 2. The molecule has 0 radical (unpaired) electrons. The highest BCUT2D eigenvalue weighted by atomic mass is 79.9. The van der Waals surface area contributed by atoms with Gasteiger partial charge in [0.15, 0.2) is 17.2 Å². The van der Waals surface area contributed by atoms with Crippen LogP contribution in [0, 0.1) is 0 Å². The number of aliphatic imine (C=N–C) groups is 1. The first-order valence-corrected chi connectivity index (χ1v) is 9.60. The monoisotopic (exact) mass is 471 g/mol. The lowest BCUT2D eigenvalue weighted by Gasteiger charge is -2.11. The maximum Gasteiger partial charge on any atom is 0.363 e. The molecule has 0 aliphatic carbocycles. The second kappa shape index (κ2) is 9.41. The Morgan fingerprint density at radius 2 is 1.83 bits per heavy atom. The van der Waals surface area contributed by atoms with Crippen LogP contribution in [0.5, 0.6) is 17.2 Å². The molecule has 1 aliphatic heterocycles. The molecule has 8 heteroatoms. The van der Waals surface area contributed by atoms with E-state index in [1.807, 2.05) is 24.3 Å². The average Bonchev–Trinajstić information content (AvgIpc) is 3.07. The van der Waals surface area contributed by atoms with Crippen LogP contribution >= 0.6 is 15.9 Å². The molecule has 7 nitrogen and oxygen atoms in total. The quantitative estimate of drug-likeness (QED) is 0.352. The molecule has 3 rings (SSSR count). The van der Waals surface area contributed by atoms with Crippen molar-refractivity contribution in [2.75, 3.05) is 14.2 Å². The summed E-state index contributed by atoms with van der Waals surface area (Å²) in [5.41, 5.74) is 1.56. The number of benzene rings is 2. The van der Waals surface area contributed by atoms with Gasteiger partial charge in [-0.1, -0.05) is 18.2 Å². The first-order valence-electron chi connectivity index (χ1n) is 8.81. The summed E-state index contributed by atoms with van der Waals surface area (Å²) in [7, 11) is 3.04. The molecule has 0 amide bonds. The minimum absolute atomic E-state index is 0.129. The summed E-state index contributed by atoms with van der Waals surface area (Å²) in [5, 5.41) is 0. The summed E-state index contributed by atoms with van der Waals surface area (Å²) in [6.45, 7) is 1.30. The van der Waals surface area contributed by atoms with Gasteiger partial charge in [-0.05, 0) is 51.8 Å². The van der Waals surface area contributed by atoms with Gasteiger partial charge in [-0.3, -0.25) is 4.79 Å². The van der Waals surface area contributed by atoms with Gasteiger partial charge in [-0.25, -0.2) is 9.79 Å². The first kappa shape index (κ1) is 21.3. The van der Waals surface area contributed by atoms with Crippen LogP contribution in [-0.4, -0.2) is 32.1 Å². The van der Waals surface area contributed by atoms with Crippen molar-refractivity contribution < 1.29 is 28.5 Å². The molecule has 0 aromatic heterocycles. The molecular formula is C22H18BrNO6. The van der Waals surface area contributed by atoms with Crippen molar-refractivity contribution in [2.24, 2.45) is 4.99 Å². The summed E-state index contributed by atoms with van der Waals surface area (Å²) in [4.78, 5) is 27.7. The van der Waals surface area contributed by atoms with Gasteiger partial charge >= 0.3 is 11.9 Å². The van der Waals surface area contributed by atoms with Gasteiger partial charge in [0.25, 0.3) is 0 Å². The molecule has 0 unspecified atom stereocenters. The van der Waals surface area contributed by atoms with Crippen LogP contribution in [0.15, 0.2) is 57.6 Å². The highest BCUT2D eigenvalue weighted by Crippen LogP contribution is 2.37. The highest BCUT2D eigenvalue weighted by molar-refractivity contribution is 9.10. The number of hydrogen-bond acceptors (Lipinski definition) is 7. The van der Waals surface area contributed by atoms with Gasteiger partial charge in [-0.15, -0.1) is 0 Å². The summed E-state index contributed by atoms with van der Waals surface area (Å²) in [6, 6.07) is 10.8. The number of esters is 2. The Kier molecular flexibility index (Phi) is 6.68. The van der Waals surface area contributed by atoms with Gasteiger partial charge in [0.05, 0.1) is 18.7 Å². The minimum atomic E-state index is -0.575. The standard InChI is InChI=1S/C22H18BrNO6/c1-13(25)29-21-16(23)10-14(12-19(21)28-3)11-17-22(26)30-20(24-17)9-8-15-6-4-5-7-18(15)27-2/h4-12H,1-3H3. The summed E-state index contributed by atoms with van der Waals surface area (Å²) >= 11 is 3.35. The summed E-state index contributed by atoms with van der Waals surface area (Å²) < 4.78 is 21.4. The van der Waals surface area contributed by atoms with Crippen LogP contribution in [0.3, 0.4) is 0 Å². The number of carbonyl (C=O) groups is 2. The number of rotatable bonds is 6. The average molecular weight is 472 g/mol. The Labute approximate surface area is 181 Å². The number of hydrogen-bond donors (Lipinski definition) is 0. The van der Waals surface area contributed by atoms with E-state index in [-0.39, 0.29) is 17.3 Å². The van der Waals surface area contributed by atoms with E-state index in [2.05, 4.69) is 20.9 Å². The Bertz CT molecular complexity index is 1090. The van der Waals surface area contributed by atoms with E-state index in [9.17, 15) is 9.59 Å². The first-order chi connectivity index (χ1) is 14.4. The second-order valence-corrected chi connectivity index (χ2v) is 6.93. The molecule has 0 fully saturated rings. The fourth-order valence-electron chi connectivity index (χ4n) is 2.69. The number of ether oxygens (including phenoxy) is 4. The molecule has 2 aromatic rings. The Morgan fingerprint density at radius 1 is 1.10 bits per heavy atom. The maximum absolute atomic E-state index is 12.2. The van der Waals surface area contributed by atoms with Gasteiger partial charge in [0.1, 0.15) is 5.75 Å². The van der Waals surface area contributed by atoms with Gasteiger partial charge in [0, 0.05) is 18.6 Å². The van der Waals surface area contributed by atoms with E-state index >= 15 is 0 Å². The number of para-hydroxylation sites is 1. The summed E-state index contributed by atoms with van der Waals surface area (Å²) in [5.74, 6) is 0.395. The van der Waals surface area contributed by atoms with Crippen molar-refractivity contribution >= 4 is 45.9 Å². The van der Waals surface area contributed by atoms with Crippen LogP contribution in [0.4, 0.5) is 0 Å². The molecule has 0 N–H and O–H groups in total. The Hall–Kier alpha value is -3.39. The van der Waals surface area contributed by atoms with E-state index in [1.165, 1.54) is 14.0 Å². The van der Waals surface area contributed by atoms with Crippen LogP contribution < -0.4 is 14.2 Å². The fourth-order valence-corrected chi connectivity index (χ4v) is 3.23. The van der Waals surface area contributed by atoms with Crippen LogP contribution in [0.1, 0.15) is 18.1 Å². The lowest BCUT2D eigenvalue weighted by molar-refractivity contribution is -0.132. The van der Waals surface area contributed by atoms with Gasteiger partial charge in [-0.2, -0.15) is 0 Å². The largest absolute Gasteiger partial charge is 0.496 e. The van der Waals surface area contributed by atoms with Crippen molar-refractivity contribution in [3.63, 3.8) is 0 Å². The predicted octanol–water partition coefficient (Wildman–Crippen LogP) is 4.40. The molecule has 0 saturated carbocycles. The third-order valence-corrected chi connectivity index (χ3v) is 4.57. The fraction of sp³-hybridized carbons (Fsp3) is 0.136. The van der Waals surface area contributed by atoms with E-state index in [4.69, 9.17) is 18.9 Å². The number of cyclic esters (lactones) is 1. The zero-order valence-corrected chi connectivity index (χ0v) is 18.1. The second-order valence-electron chi connectivity index (χ2n) is 6.07. The smallest absolute Gasteiger partial charge is 0.363 e.